The predicted molar refractivity (Wildman–Crippen MR) is 155 cm³/mol. The van der Waals surface area contributed by atoms with Crippen LogP contribution in [0.1, 0.15) is 51.4 Å². The van der Waals surface area contributed by atoms with Crippen LogP contribution in [0.5, 0.6) is 0 Å². The zero-order valence-corrected chi connectivity index (χ0v) is 22.3. The van der Waals surface area contributed by atoms with E-state index in [0.717, 1.165) is 42.2 Å². The average Bonchev–Trinajstić information content (AvgIpc) is 3.39. The number of hydrogen-bond acceptors (Lipinski definition) is 2. The van der Waals surface area contributed by atoms with Gasteiger partial charge in [-0.05, 0) is 53.3 Å². The first-order valence-electron chi connectivity index (χ1n) is 13.3. The van der Waals surface area contributed by atoms with Gasteiger partial charge in [-0.1, -0.05) is 125 Å². The van der Waals surface area contributed by atoms with Crippen molar-refractivity contribution in [3.8, 4) is 39.3 Å². The van der Waals surface area contributed by atoms with Gasteiger partial charge in [-0.25, -0.2) is 0 Å². The summed E-state index contributed by atoms with van der Waals surface area (Å²) in [5, 5.41) is 9.55. The molecule has 0 amide bonds. The summed E-state index contributed by atoms with van der Waals surface area (Å²) in [4.78, 5) is 0. The Labute approximate surface area is 220 Å². The van der Waals surface area contributed by atoms with Crippen LogP contribution in [0.4, 0.5) is 0 Å². The molecule has 0 spiro atoms. The molecule has 3 nitrogen and oxygen atoms in total. The van der Waals surface area contributed by atoms with Gasteiger partial charge >= 0.3 is 0 Å². The predicted octanol–water partition coefficient (Wildman–Crippen LogP) is 9.04. The van der Waals surface area contributed by atoms with E-state index in [9.17, 15) is 0 Å². The van der Waals surface area contributed by atoms with Crippen LogP contribution in [0, 0.1) is 6.92 Å². The van der Waals surface area contributed by atoms with Gasteiger partial charge in [0.25, 0.3) is 0 Å². The zero-order valence-electron chi connectivity index (χ0n) is 22.3. The quantitative estimate of drug-likeness (QED) is 0.219. The lowest BCUT2D eigenvalue weighted by Crippen LogP contribution is -2.23. The molecule has 0 saturated carbocycles. The van der Waals surface area contributed by atoms with Crippen LogP contribution in [0.3, 0.4) is 0 Å². The van der Waals surface area contributed by atoms with Gasteiger partial charge in [0.05, 0.1) is 5.69 Å². The van der Waals surface area contributed by atoms with Crippen molar-refractivity contribution in [3.05, 3.63) is 115 Å². The largest absolute Gasteiger partial charge is 0.278 e. The van der Waals surface area contributed by atoms with Gasteiger partial charge < -0.3 is 0 Å². The Morgan fingerprint density at radius 1 is 0.649 bits per heavy atom. The maximum absolute atomic E-state index is 4.80. The second-order valence-corrected chi connectivity index (χ2v) is 10.5. The number of aromatic nitrogens is 3. The lowest BCUT2D eigenvalue weighted by molar-refractivity contribution is 0.425. The van der Waals surface area contributed by atoms with Crippen LogP contribution in [-0.4, -0.2) is 14.8 Å². The number of rotatable bonds is 8. The van der Waals surface area contributed by atoms with Gasteiger partial charge in [-0.2, -0.15) is 0 Å². The number of benzene rings is 4. The maximum atomic E-state index is 4.80. The molecule has 37 heavy (non-hydrogen) atoms. The van der Waals surface area contributed by atoms with Gasteiger partial charge in [0, 0.05) is 11.0 Å². The van der Waals surface area contributed by atoms with Crippen molar-refractivity contribution in [3.63, 3.8) is 0 Å². The van der Waals surface area contributed by atoms with E-state index in [1.165, 1.54) is 27.8 Å². The lowest BCUT2D eigenvalue weighted by Gasteiger charge is -2.26. The molecule has 0 N–H and O–H groups in total. The van der Waals surface area contributed by atoms with Crippen molar-refractivity contribution in [2.24, 2.45) is 0 Å². The molecule has 1 aromatic heterocycles. The fourth-order valence-corrected chi connectivity index (χ4v) is 4.99. The molecule has 0 fully saturated rings. The molecule has 0 aliphatic rings. The number of aryl methyl sites for hydroxylation is 1. The maximum Gasteiger partial charge on any atom is 0.168 e. The van der Waals surface area contributed by atoms with E-state index in [2.05, 4.69) is 129 Å². The van der Waals surface area contributed by atoms with E-state index in [4.69, 9.17) is 10.2 Å². The smallest absolute Gasteiger partial charge is 0.168 e. The van der Waals surface area contributed by atoms with Crippen molar-refractivity contribution in [1.29, 1.82) is 0 Å². The van der Waals surface area contributed by atoms with Crippen molar-refractivity contribution >= 4 is 0 Å². The Bertz CT molecular complexity index is 1480. The molecule has 5 aromatic rings. The highest BCUT2D eigenvalue weighted by Crippen LogP contribution is 2.36. The third-order valence-corrected chi connectivity index (χ3v) is 7.21. The van der Waals surface area contributed by atoms with Crippen molar-refractivity contribution in [1.82, 2.24) is 14.8 Å². The summed E-state index contributed by atoms with van der Waals surface area (Å²) < 4.78 is 2.30. The lowest BCUT2D eigenvalue weighted by atomic mass is 9.86. The van der Waals surface area contributed by atoms with Crippen LogP contribution in [0.2, 0.25) is 0 Å². The topological polar surface area (TPSA) is 30.7 Å². The Kier molecular flexibility index (Phi) is 7.05. The molecule has 1 heterocycles. The van der Waals surface area contributed by atoms with E-state index in [1.807, 2.05) is 6.07 Å². The van der Waals surface area contributed by atoms with Gasteiger partial charge in [0.15, 0.2) is 5.82 Å². The van der Waals surface area contributed by atoms with E-state index >= 15 is 0 Å². The van der Waals surface area contributed by atoms with Crippen LogP contribution in [0.25, 0.3) is 39.3 Å². The number of nitrogens with zero attached hydrogens (tertiary/aromatic N) is 3. The Balaban J connectivity index is 1.66. The summed E-state index contributed by atoms with van der Waals surface area (Å²) in [5.41, 5.74) is 8.12. The molecule has 0 bridgehead atoms. The molecule has 186 valence electrons. The van der Waals surface area contributed by atoms with Crippen molar-refractivity contribution in [2.45, 2.75) is 52.4 Å². The van der Waals surface area contributed by atoms with Gasteiger partial charge in [-0.15, -0.1) is 10.2 Å². The van der Waals surface area contributed by atoms with Crippen molar-refractivity contribution < 1.29 is 0 Å². The second kappa shape index (κ2) is 10.6. The molecule has 0 radical (unpaired) electrons. The highest BCUT2D eigenvalue weighted by molar-refractivity contribution is 5.75. The fourth-order valence-electron chi connectivity index (χ4n) is 4.99. The van der Waals surface area contributed by atoms with E-state index in [1.54, 1.807) is 0 Å². The minimum Gasteiger partial charge on any atom is -0.278 e. The Morgan fingerprint density at radius 3 is 1.92 bits per heavy atom. The average molecular weight is 486 g/mol. The summed E-state index contributed by atoms with van der Waals surface area (Å²) in [5.74, 6) is 1.90. The Morgan fingerprint density at radius 2 is 1.24 bits per heavy atom. The first-order valence-corrected chi connectivity index (χ1v) is 13.3. The first-order chi connectivity index (χ1) is 18.0. The molecular weight excluding hydrogens is 450 g/mol. The third kappa shape index (κ3) is 5.13. The number of unbranched alkanes of at least 4 members (excludes halogenated alkanes) is 1. The molecule has 0 saturated heterocycles. The zero-order chi connectivity index (χ0) is 25.8. The molecular formula is C34H35N3. The van der Waals surface area contributed by atoms with E-state index < -0.39 is 0 Å². The monoisotopic (exact) mass is 485 g/mol. The van der Waals surface area contributed by atoms with Crippen LogP contribution in [-0.2, 0) is 5.41 Å². The molecule has 0 atom stereocenters. The Hall–Kier alpha value is -3.98. The summed E-state index contributed by atoms with van der Waals surface area (Å²) in [6, 6.07) is 36.5. The van der Waals surface area contributed by atoms with Crippen LogP contribution >= 0.6 is 0 Å². The molecule has 0 aliphatic carbocycles. The first kappa shape index (κ1) is 24.7. The normalized spacial score (nSPS) is 11.6. The number of hydrogen-bond donors (Lipinski definition) is 0. The van der Waals surface area contributed by atoms with Crippen LogP contribution < -0.4 is 0 Å². The summed E-state index contributed by atoms with van der Waals surface area (Å²) in [6.07, 6.45) is 3.38. The van der Waals surface area contributed by atoms with Gasteiger partial charge in [0.2, 0.25) is 0 Å². The minimum absolute atomic E-state index is 0.105. The van der Waals surface area contributed by atoms with E-state index in [0.29, 0.717) is 0 Å². The minimum atomic E-state index is -0.105. The summed E-state index contributed by atoms with van der Waals surface area (Å²) in [7, 11) is 0. The molecule has 5 rings (SSSR count). The fraction of sp³-hybridized carbons (Fsp3) is 0.235. The summed E-state index contributed by atoms with van der Waals surface area (Å²) >= 11 is 0. The molecule has 4 aromatic carbocycles. The highest BCUT2D eigenvalue weighted by atomic mass is 15.3. The summed E-state index contributed by atoms with van der Waals surface area (Å²) in [6.45, 7) is 9.01. The second-order valence-electron chi connectivity index (χ2n) is 10.5. The molecule has 0 unspecified atom stereocenters. The molecule has 0 aliphatic heterocycles. The standard InChI is InChI=1S/C34H35N3/c1-5-6-22-34(3,4)33-36-35-32(27-16-11-8-12-17-27)37(33)31-24-30(21-20-25(31)2)29-19-13-18-28(23-29)26-14-9-7-10-15-26/h7-21,23-24H,5-6,22H2,1-4H3. The molecule has 3 heteroatoms. The van der Waals surface area contributed by atoms with Crippen LogP contribution in [0.15, 0.2) is 103 Å². The third-order valence-electron chi connectivity index (χ3n) is 7.21. The van der Waals surface area contributed by atoms with Gasteiger partial charge in [-0.3, -0.25) is 4.57 Å². The highest BCUT2D eigenvalue weighted by Gasteiger charge is 2.30. The van der Waals surface area contributed by atoms with Gasteiger partial charge in [0.1, 0.15) is 5.82 Å². The van der Waals surface area contributed by atoms with E-state index in [-0.39, 0.29) is 5.41 Å². The SMILES string of the molecule is CCCCC(C)(C)c1nnc(-c2ccccc2)n1-c1cc(-c2cccc(-c3ccccc3)c2)ccc1C. The van der Waals surface area contributed by atoms with Crippen molar-refractivity contribution in [2.75, 3.05) is 0 Å².